The SMILES string of the molecule is Cc1nocc1CCCCCOc1ccc(C#N)cc1C(F)(F)F. The molecule has 0 atom stereocenters. The Kier molecular flexibility index (Phi) is 5.85. The minimum atomic E-state index is -4.55. The Hall–Kier alpha value is -2.49. The van der Waals surface area contributed by atoms with Gasteiger partial charge in [0.25, 0.3) is 0 Å². The van der Waals surface area contributed by atoms with Crippen LogP contribution in [-0.2, 0) is 12.6 Å². The Bertz CT molecular complexity index is 717. The Morgan fingerprint density at radius 3 is 2.67 bits per heavy atom. The molecule has 0 saturated carbocycles. The highest BCUT2D eigenvalue weighted by Crippen LogP contribution is 2.36. The summed E-state index contributed by atoms with van der Waals surface area (Å²) in [5, 5.41) is 12.5. The van der Waals surface area contributed by atoms with Crippen molar-refractivity contribution in [2.24, 2.45) is 0 Å². The van der Waals surface area contributed by atoms with Gasteiger partial charge in [0, 0.05) is 5.56 Å². The number of unbranched alkanes of at least 4 members (excludes halogenated alkanes) is 2. The van der Waals surface area contributed by atoms with Gasteiger partial charge in [0.05, 0.1) is 29.5 Å². The molecular formula is C17H17F3N2O2. The zero-order valence-electron chi connectivity index (χ0n) is 13.2. The van der Waals surface area contributed by atoms with Crippen LogP contribution in [0.25, 0.3) is 0 Å². The second-order valence-electron chi connectivity index (χ2n) is 5.40. The fourth-order valence-corrected chi connectivity index (χ4v) is 2.28. The van der Waals surface area contributed by atoms with Crippen LogP contribution in [0.5, 0.6) is 5.75 Å². The fourth-order valence-electron chi connectivity index (χ4n) is 2.28. The monoisotopic (exact) mass is 338 g/mol. The number of rotatable bonds is 7. The van der Waals surface area contributed by atoms with Crippen LogP contribution in [-0.4, -0.2) is 11.8 Å². The minimum Gasteiger partial charge on any atom is -0.493 e. The number of nitriles is 1. The number of halogens is 3. The lowest BCUT2D eigenvalue weighted by Crippen LogP contribution is -2.10. The highest BCUT2D eigenvalue weighted by atomic mass is 19.4. The molecule has 4 nitrogen and oxygen atoms in total. The summed E-state index contributed by atoms with van der Waals surface area (Å²) < 4.78 is 49.1. The van der Waals surface area contributed by atoms with E-state index in [1.165, 1.54) is 12.1 Å². The predicted molar refractivity (Wildman–Crippen MR) is 80.4 cm³/mol. The van der Waals surface area contributed by atoms with Gasteiger partial charge in [-0.3, -0.25) is 0 Å². The first-order chi connectivity index (χ1) is 11.4. The van der Waals surface area contributed by atoms with Crippen LogP contribution in [0.2, 0.25) is 0 Å². The summed E-state index contributed by atoms with van der Waals surface area (Å²) in [6.07, 6.45) is 0.223. The number of aryl methyl sites for hydroxylation is 2. The van der Waals surface area contributed by atoms with Gasteiger partial charge in [-0.25, -0.2) is 0 Å². The molecule has 0 spiro atoms. The van der Waals surface area contributed by atoms with Crippen molar-refractivity contribution >= 4 is 0 Å². The highest BCUT2D eigenvalue weighted by molar-refractivity contribution is 5.43. The molecular weight excluding hydrogens is 321 g/mol. The third-order valence-electron chi connectivity index (χ3n) is 3.61. The van der Waals surface area contributed by atoms with Crippen LogP contribution < -0.4 is 4.74 Å². The van der Waals surface area contributed by atoms with Gasteiger partial charge in [0.1, 0.15) is 12.0 Å². The molecule has 0 fully saturated rings. The number of hydrogen-bond acceptors (Lipinski definition) is 4. The molecule has 2 rings (SSSR count). The molecule has 0 amide bonds. The topological polar surface area (TPSA) is 59.1 Å². The molecule has 0 unspecified atom stereocenters. The molecule has 24 heavy (non-hydrogen) atoms. The Labute approximate surface area is 137 Å². The van der Waals surface area contributed by atoms with Crippen molar-refractivity contribution < 1.29 is 22.4 Å². The molecule has 128 valence electrons. The number of ether oxygens (including phenoxy) is 1. The predicted octanol–water partition coefficient (Wildman–Crippen LogP) is 4.67. The van der Waals surface area contributed by atoms with Gasteiger partial charge >= 0.3 is 6.18 Å². The minimum absolute atomic E-state index is 0.0428. The normalized spacial score (nSPS) is 11.3. The quantitative estimate of drug-likeness (QED) is 0.689. The average molecular weight is 338 g/mol. The summed E-state index contributed by atoms with van der Waals surface area (Å²) in [4.78, 5) is 0. The summed E-state index contributed by atoms with van der Waals surface area (Å²) in [5.74, 6) is -0.239. The summed E-state index contributed by atoms with van der Waals surface area (Å²) in [6, 6.07) is 5.02. The molecule has 0 N–H and O–H groups in total. The Morgan fingerprint density at radius 1 is 1.25 bits per heavy atom. The molecule has 1 heterocycles. The first-order valence-electron chi connectivity index (χ1n) is 7.56. The number of aromatic nitrogens is 1. The van der Waals surface area contributed by atoms with E-state index in [9.17, 15) is 13.2 Å². The second-order valence-corrected chi connectivity index (χ2v) is 5.40. The first-order valence-corrected chi connectivity index (χ1v) is 7.56. The summed E-state index contributed by atoms with van der Waals surface area (Å²) >= 11 is 0. The van der Waals surface area contributed by atoms with Crippen molar-refractivity contribution in [3.8, 4) is 11.8 Å². The molecule has 0 saturated heterocycles. The maximum absolute atomic E-state index is 13.0. The molecule has 0 radical (unpaired) electrons. The van der Waals surface area contributed by atoms with Gasteiger partial charge in [0.15, 0.2) is 0 Å². The largest absolute Gasteiger partial charge is 0.493 e. The molecule has 1 aromatic heterocycles. The first kappa shape index (κ1) is 17.9. The number of nitrogens with zero attached hydrogens (tertiary/aromatic N) is 2. The number of hydrogen-bond donors (Lipinski definition) is 0. The van der Waals surface area contributed by atoms with Crippen molar-refractivity contribution in [1.82, 2.24) is 5.16 Å². The van der Waals surface area contributed by atoms with Crippen molar-refractivity contribution in [1.29, 1.82) is 5.26 Å². The summed E-state index contributed by atoms with van der Waals surface area (Å²) in [6.45, 7) is 2.06. The molecule has 0 aliphatic rings. The van der Waals surface area contributed by atoms with Crippen molar-refractivity contribution in [3.63, 3.8) is 0 Å². The van der Waals surface area contributed by atoms with E-state index in [-0.39, 0.29) is 17.9 Å². The van der Waals surface area contributed by atoms with E-state index < -0.39 is 11.7 Å². The van der Waals surface area contributed by atoms with E-state index in [1.54, 1.807) is 12.3 Å². The molecule has 0 aliphatic carbocycles. The van der Waals surface area contributed by atoms with E-state index in [0.717, 1.165) is 36.6 Å². The third-order valence-corrected chi connectivity index (χ3v) is 3.61. The maximum atomic E-state index is 13.0. The Balaban J connectivity index is 1.82. The lowest BCUT2D eigenvalue weighted by Gasteiger charge is -2.14. The van der Waals surface area contributed by atoms with Crippen LogP contribution in [0.1, 0.15) is 41.6 Å². The average Bonchev–Trinajstić information content (AvgIpc) is 2.95. The van der Waals surface area contributed by atoms with Gasteiger partial charge < -0.3 is 9.26 Å². The third kappa shape index (κ3) is 4.75. The summed E-state index contributed by atoms with van der Waals surface area (Å²) in [7, 11) is 0. The number of alkyl halides is 3. The lowest BCUT2D eigenvalue weighted by molar-refractivity contribution is -0.139. The van der Waals surface area contributed by atoms with E-state index >= 15 is 0 Å². The van der Waals surface area contributed by atoms with Crippen LogP contribution in [0.3, 0.4) is 0 Å². The highest BCUT2D eigenvalue weighted by Gasteiger charge is 2.34. The summed E-state index contributed by atoms with van der Waals surface area (Å²) in [5.41, 5.74) is 0.946. The zero-order valence-corrected chi connectivity index (χ0v) is 13.2. The zero-order chi connectivity index (χ0) is 17.6. The molecule has 7 heteroatoms. The molecule has 0 bridgehead atoms. The second kappa shape index (κ2) is 7.86. The standard InChI is InChI=1S/C17H17F3N2O2/c1-12-14(11-24-22-12)5-3-2-4-8-23-16-7-6-13(10-21)9-15(16)17(18,19)20/h6-7,9,11H,2-5,8H2,1H3. The van der Waals surface area contributed by atoms with Gasteiger partial charge in [0.2, 0.25) is 0 Å². The van der Waals surface area contributed by atoms with Gasteiger partial charge in [-0.15, -0.1) is 0 Å². The van der Waals surface area contributed by atoms with Crippen LogP contribution >= 0.6 is 0 Å². The Morgan fingerprint density at radius 2 is 2.04 bits per heavy atom. The molecule has 2 aromatic rings. The molecule has 0 aliphatic heterocycles. The molecule has 1 aromatic carbocycles. The van der Waals surface area contributed by atoms with Crippen LogP contribution in [0.4, 0.5) is 13.2 Å². The fraction of sp³-hybridized carbons (Fsp3) is 0.412. The van der Waals surface area contributed by atoms with Gasteiger partial charge in [-0.2, -0.15) is 18.4 Å². The lowest BCUT2D eigenvalue weighted by atomic mass is 10.1. The van der Waals surface area contributed by atoms with Crippen molar-refractivity contribution in [3.05, 3.63) is 46.8 Å². The van der Waals surface area contributed by atoms with E-state index in [4.69, 9.17) is 14.5 Å². The van der Waals surface area contributed by atoms with Crippen LogP contribution in [0.15, 0.2) is 29.0 Å². The van der Waals surface area contributed by atoms with Crippen LogP contribution in [0, 0.1) is 18.3 Å². The van der Waals surface area contributed by atoms with Gasteiger partial charge in [-0.05, 0) is 50.8 Å². The van der Waals surface area contributed by atoms with E-state index in [0.29, 0.717) is 6.42 Å². The van der Waals surface area contributed by atoms with Gasteiger partial charge in [-0.1, -0.05) is 5.16 Å². The maximum Gasteiger partial charge on any atom is 0.420 e. The van der Waals surface area contributed by atoms with E-state index in [1.807, 2.05) is 6.92 Å². The van der Waals surface area contributed by atoms with E-state index in [2.05, 4.69) is 5.16 Å². The number of benzene rings is 1. The van der Waals surface area contributed by atoms with Crippen molar-refractivity contribution in [2.75, 3.05) is 6.61 Å². The van der Waals surface area contributed by atoms with Crippen molar-refractivity contribution in [2.45, 2.75) is 38.8 Å². The smallest absolute Gasteiger partial charge is 0.420 e.